The molecule has 138 valence electrons. The highest BCUT2D eigenvalue weighted by Gasteiger charge is 2.31. The van der Waals surface area contributed by atoms with Gasteiger partial charge in [-0.2, -0.15) is 0 Å². The summed E-state index contributed by atoms with van der Waals surface area (Å²) in [6, 6.07) is 6.95. The van der Waals surface area contributed by atoms with Crippen LogP contribution in [0.25, 0.3) is 21.7 Å². The molecule has 7 nitrogen and oxygen atoms in total. The number of carbonyl (C=O) groups excluding carboxylic acids is 1. The number of furan rings is 1. The molecule has 11 heteroatoms. The molecule has 0 saturated carbocycles. The topological polar surface area (TPSA) is 90.4 Å². The molecule has 1 N–H and O–H groups in total. The maximum absolute atomic E-state index is 12.4. The number of nitrogens with one attached hydrogen (secondary N) is 1. The van der Waals surface area contributed by atoms with Gasteiger partial charge in [0.25, 0.3) is 5.91 Å². The summed E-state index contributed by atoms with van der Waals surface area (Å²) >= 11 is 0.994. The first-order valence-corrected chi connectivity index (χ1v) is 8.16. The zero-order valence-electron chi connectivity index (χ0n) is 13.1. The molecular weight excluding hydrogens is 387 g/mol. The second-order valence-electron chi connectivity index (χ2n) is 5.16. The lowest BCUT2D eigenvalue weighted by Crippen LogP contribution is -2.16. The lowest BCUT2D eigenvalue weighted by Gasteiger charge is -2.07. The van der Waals surface area contributed by atoms with Crippen LogP contribution in [0.5, 0.6) is 5.75 Å². The zero-order chi connectivity index (χ0) is 19.0. The first-order chi connectivity index (χ1) is 12.9. The van der Waals surface area contributed by atoms with Crippen LogP contribution in [-0.2, 0) is 0 Å². The van der Waals surface area contributed by atoms with Crippen molar-refractivity contribution in [3.63, 3.8) is 0 Å². The molecule has 0 bridgehead atoms. The summed E-state index contributed by atoms with van der Waals surface area (Å²) in [6.45, 7) is 0. The standard InChI is InChI=1S/C16H8F3N3O4S/c17-16(18,19)26-8-3-4-9-11(6-8)27-15(21-9)22-14(23)12-13(25-7-20-12)10-2-1-5-24-10/h1-7H,(H,21,22,23). The minimum atomic E-state index is -4.79. The van der Waals surface area contributed by atoms with Crippen LogP contribution in [0, 0.1) is 0 Å². The summed E-state index contributed by atoms with van der Waals surface area (Å²) in [4.78, 5) is 20.5. The summed E-state index contributed by atoms with van der Waals surface area (Å²) < 4.78 is 51.6. The van der Waals surface area contributed by atoms with Gasteiger partial charge in [0.1, 0.15) is 5.75 Å². The Morgan fingerprint density at radius 3 is 2.81 bits per heavy atom. The highest BCUT2D eigenvalue weighted by atomic mass is 32.1. The van der Waals surface area contributed by atoms with Crippen LogP contribution in [0.3, 0.4) is 0 Å². The third kappa shape index (κ3) is 3.62. The summed E-state index contributed by atoms with van der Waals surface area (Å²) in [5, 5.41) is 2.73. The zero-order valence-corrected chi connectivity index (χ0v) is 13.9. The van der Waals surface area contributed by atoms with E-state index >= 15 is 0 Å². The fourth-order valence-electron chi connectivity index (χ4n) is 2.30. The number of halogens is 3. The number of anilines is 1. The Morgan fingerprint density at radius 2 is 2.07 bits per heavy atom. The molecule has 3 aromatic heterocycles. The van der Waals surface area contributed by atoms with E-state index in [-0.39, 0.29) is 22.3 Å². The average Bonchev–Trinajstić information content (AvgIpc) is 3.32. The summed E-state index contributed by atoms with van der Waals surface area (Å²) in [5.74, 6) is -0.482. The SMILES string of the molecule is O=C(Nc1nc2ccc(OC(F)(F)F)cc2s1)c1ncoc1-c1ccco1. The van der Waals surface area contributed by atoms with Gasteiger partial charge in [0.2, 0.25) is 5.76 Å². The van der Waals surface area contributed by atoms with Crippen LogP contribution < -0.4 is 10.1 Å². The third-order valence-corrected chi connectivity index (χ3v) is 4.28. The van der Waals surface area contributed by atoms with Crippen molar-refractivity contribution in [2.75, 3.05) is 5.32 Å². The summed E-state index contributed by atoms with van der Waals surface area (Å²) in [5.41, 5.74) is 0.404. The molecule has 27 heavy (non-hydrogen) atoms. The number of benzene rings is 1. The molecule has 4 aromatic rings. The van der Waals surface area contributed by atoms with Crippen LogP contribution >= 0.6 is 11.3 Å². The Kier molecular flexibility index (Phi) is 4.07. The fraction of sp³-hybridized carbons (Fsp3) is 0.0625. The molecule has 0 spiro atoms. The fourth-order valence-corrected chi connectivity index (χ4v) is 3.19. The molecule has 0 aliphatic carbocycles. The van der Waals surface area contributed by atoms with Crippen molar-refractivity contribution >= 4 is 32.6 Å². The van der Waals surface area contributed by atoms with Gasteiger partial charge in [0.15, 0.2) is 23.0 Å². The lowest BCUT2D eigenvalue weighted by atomic mass is 10.2. The normalized spacial score (nSPS) is 11.7. The van der Waals surface area contributed by atoms with Crippen molar-refractivity contribution < 1.29 is 31.5 Å². The van der Waals surface area contributed by atoms with E-state index in [1.807, 2.05) is 0 Å². The average molecular weight is 395 g/mol. The van der Waals surface area contributed by atoms with Gasteiger partial charge in [-0.15, -0.1) is 13.2 Å². The summed E-state index contributed by atoms with van der Waals surface area (Å²) in [7, 11) is 0. The second-order valence-corrected chi connectivity index (χ2v) is 6.19. The van der Waals surface area contributed by atoms with Crippen molar-refractivity contribution in [3.05, 3.63) is 48.7 Å². The van der Waals surface area contributed by atoms with Crippen LogP contribution in [0.1, 0.15) is 10.5 Å². The van der Waals surface area contributed by atoms with Gasteiger partial charge in [-0.05, 0) is 24.3 Å². The molecule has 0 atom stereocenters. The van der Waals surface area contributed by atoms with Crippen molar-refractivity contribution in [1.29, 1.82) is 0 Å². The van der Waals surface area contributed by atoms with Crippen LogP contribution in [0.4, 0.5) is 18.3 Å². The third-order valence-electron chi connectivity index (χ3n) is 3.34. The Bertz CT molecular complexity index is 1100. The molecule has 3 heterocycles. The Hall–Kier alpha value is -3.34. The Labute approximate surface area is 152 Å². The molecule has 0 aliphatic rings. The van der Waals surface area contributed by atoms with Gasteiger partial charge in [-0.3, -0.25) is 10.1 Å². The van der Waals surface area contributed by atoms with Crippen LogP contribution in [0.2, 0.25) is 0 Å². The van der Waals surface area contributed by atoms with Crippen molar-refractivity contribution in [2.45, 2.75) is 6.36 Å². The number of rotatable bonds is 4. The number of fused-ring (bicyclic) bond motifs is 1. The lowest BCUT2D eigenvalue weighted by molar-refractivity contribution is -0.274. The molecular formula is C16H8F3N3O4S. The van der Waals surface area contributed by atoms with Crippen molar-refractivity contribution in [1.82, 2.24) is 9.97 Å². The molecule has 4 rings (SSSR count). The molecule has 0 unspecified atom stereocenters. The van der Waals surface area contributed by atoms with E-state index in [4.69, 9.17) is 8.83 Å². The van der Waals surface area contributed by atoms with Gasteiger partial charge in [0, 0.05) is 6.07 Å². The van der Waals surface area contributed by atoms with Gasteiger partial charge in [-0.25, -0.2) is 9.97 Å². The number of carbonyl (C=O) groups is 1. The smallest absolute Gasteiger partial charge is 0.461 e. The number of oxazole rings is 1. The number of thiazole rings is 1. The number of aromatic nitrogens is 2. The van der Waals surface area contributed by atoms with E-state index in [2.05, 4.69) is 20.0 Å². The number of hydrogen-bond donors (Lipinski definition) is 1. The molecule has 0 saturated heterocycles. The highest BCUT2D eigenvalue weighted by Crippen LogP contribution is 2.32. The molecule has 0 aliphatic heterocycles. The van der Waals surface area contributed by atoms with Gasteiger partial charge in [0.05, 0.1) is 16.5 Å². The monoisotopic (exact) mass is 395 g/mol. The first-order valence-electron chi connectivity index (χ1n) is 7.34. The van der Waals surface area contributed by atoms with E-state index < -0.39 is 12.3 Å². The predicted molar refractivity (Wildman–Crippen MR) is 88.5 cm³/mol. The first kappa shape index (κ1) is 17.1. The van der Waals surface area contributed by atoms with E-state index in [9.17, 15) is 18.0 Å². The van der Waals surface area contributed by atoms with E-state index in [1.54, 1.807) is 12.1 Å². The predicted octanol–water partition coefficient (Wildman–Crippen LogP) is 4.70. The number of alkyl halides is 3. The Balaban J connectivity index is 1.57. The minimum absolute atomic E-state index is 0.00898. The van der Waals surface area contributed by atoms with Crippen LogP contribution in [0.15, 0.2) is 51.8 Å². The number of nitrogens with zero attached hydrogens (tertiary/aromatic N) is 2. The van der Waals surface area contributed by atoms with Gasteiger partial charge < -0.3 is 13.6 Å². The van der Waals surface area contributed by atoms with Crippen LogP contribution in [-0.4, -0.2) is 22.2 Å². The van der Waals surface area contributed by atoms with Gasteiger partial charge >= 0.3 is 6.36 Å². The van der Waals surface area contributed by atoms with Crippen molar-refractivity contribution in [2.24, 2.45) is 0 Å². The highest BCUT2D eigenvalue weighted by molar-refractivity contribution is 7.22. The molecule has 0 radical (unpaired) electrons. The quantitative estimate of drug-likeness (QED) is 0.539. The number of hydrogen-bond acceptors (Lipinski definition) is 7. The largest absolute Gasteiger partial charge is 0.573 e. The van der Waals surface area contributed by atoms with E-state index in [0.29, 0.717) is 16.0 Å². The van der Waals surface area contributed by atoms with Crippen molar-refractivity contribution in [3.8, 4) is 17.3 Å². The summed E-state index contributed by atoms with van der Waals surface area (Å²) in [6.07, 6.45) is -2.26. The van der Waals surface area contributed by atoms with Gasteiger partial charge in [-0.1, -0.05) is 11.3 Å². The molecule has 1 amide bonds. The maximum Gasteiger partial charge on any atom is 0.573 e. The minimum Gasteiger partial charge on any atom is -0.461 e. The molecule has 1 aromatic carbocycles. The second kappa shape index (κ2) is 6.43. The van der Waals surface area contributed by atoms with E-state index in [0.717, 1.165) is 23.8 Å². The van der Waals surface area contributed by atoms with E-state index in [1.165, 1.54) is 18.4 Å². The maximum atomic E-state index is 12.4. The number of amides is 1. The Morgan fingerprint density at radius 1 is 1.22 bits per heavy atom. The number of ether oxygens (including phenoxy) is 1. The molecule has 0 fully saturated rings.